The Morgan fingerprint density at radius 1 is 1.12 bits per heavy atom. The number of nitrogens with one attached hydrogen (secondary N) is 1. The van der Waals surface area contributed by atoms with Crippen molar-refractivity contribution < 1.29 is 18.7 Å². The minimum atomic E-state index is -0.842. The van der Waals surface area contributed by atoms with Crippen LogP contribution in [-0.2, 0) is 14.9 Å². The van der Waals surface area contributed by atoms with Gasteiger partial charge in [-0.2, -0.15) is 0 Å². The molecule has 0 unspecified atom stereocenters. The third kappa shape index (κ3) is 3.43. The number of carbonyl (C=O) groups excluding carboxylic acids is 1. The van der Waals surface area contributed by atoms with Crippen LogP contribution >= 0.6 is 0 Å². The number of carbonyl (C=O) groups is 1. The van der Waals surface area contributed by atoms with Crippen molar-refractivity contribution in [3.63, 3.8) is 0 Å². The Balaban J connectivity index is 1.93. The highest BCUT2D eigenvalue weighted by Gasteiger charge is 2.31. The van der Waals surface area contributed by atoms with E-state index in [0.29, 0.717) is 12.4 Å². The molecule has 0 bridgehead atoms. The van der Waals surface area contributed by atoms with Gasteiger partial charge in [0.05, 0.1) is 12.0 Å². The summed E-state index contributed by atoms with van der Waals surface area (Å²) in [5, 5.41) is 1.01. The molecule has 136 valence electrons. The average Bonchev–Trinajstić information content (AvgIpc) is 3.06. The van der Waals surface area contributed by atoms with Crippen LogP contribution in [0.3, 0.4) is 0 Å². The van der Waals surface area contributed by atoms with Crippen LogP contribution in [0.15, 0.2) is 48.5 Å². The molecule has 4 nitrogen and oxygen atoms in total. The third-order valence-corrected chi connectivity index (χ3v) is 4.51. The summed E-state index contributed by atoms with van der Waals surface area (Å²) in [4.78, 5) is 15.6. The van der Waals surface area contributed by atoms with Gasteiger partial charge in [-0.3, -0.25) is 4.79 Å². The number of aromatic nitrogens is 1. The van der Waals surface area contributed by atoms with Gasteiger partial charge in [-0.15, -0.1) is 0 Å². The normalized spacial score (nSPS) is 11.5. The second-order valence-electron chi connectivity index (χ2n) is 6.61. The zero-order chi connectivity index (χ0) is 18.7. The molecule has 0 spiro atoms. The largest absolute Gasteiger partial charge is 0.465 e. The first-order valence-electron chi connectivity index (χ1n) is 8.55. The van der Waals surface area contributed by atoms with Crippen LogP contribution in [0, 0.1) is 0 Å². The van der Waals surface area contributed by atoms with Crippen LogP contribution in [0.4, 0.5) is 4.39 Å². The van der Waals surface area contributed by atoms with Crippen LogP contribution in [-0.4, -0.2) is 24.4 Å². The van der Waals surface area contributed by atoms with E-state index in [-0.39, 0.29) is 5.97 Å². The second-order valence-corrected chi connectivity index (χ2v) is 6.61. The minimum Gasteiger partial charge on any atom is -0.465 e. The second kappa shape index (κ2) is 7.20. The van der Waals surface area contributed by atoms with Crippen LogP contribution in [0.5, 0.6) is 5.75 Å². The van der Waals surface area contributed by atoms with E-state index < -0.39 is 12.3 Å². The van der Waals surface area contributed by atoms with Crippen molar-refractivity contribution in [1.29, 1.82) is 0 Å². The molecule has 0 saturated heterocycles. The lowest BCUT2D eigenvalue weighted by Gasteiger charge is -2.22. The Kier molecular flexibility index (Phi) is 4.98. The summed E-state index contributed by atoms with van der Waals surface area (Å²) in [6.45, 7) is 5.05. The van der Waals surface area contributed by atoms with Crippen LogP contribution < -0.4 is 4.74 Å². The number of hydrogen-bond donors (Lipinski definition) is 1. The maximum absolute atomic E-state index is 12.2. The summed E-state index contributed by atoms with van der Waals surface area (Å²) in [7, 11) is 0. The van der Waals surface area contributed by atoms with E-state index in [0.717, 1.165) is 27.7 Å². The molecule has 26 heavy (non-hydrogen) atoms. The van der Waals surface area contributed by atoms with Gasteiger partial charge in [-0.25, -0.2) is 4.39 Å². The Hall–Kier alpha value is -2.82. The highest BCUT2D eigenvalue weighted by molar-refractivity contribution is 5.89. The lowest BCUT2D eigenvalue weighted by atomic mass is 9.84. The molecule has 0 fully saturated rings. The van der Waals surface area contributed by atoms with E-state index in [9.17, 15) is 9.18 Å². The van der Waals surface area contributed by atoms with Gasteiger partial charge in [0, 0.05) is 16.6 Å². The van der Waals surface area contributed by atoms with Crippen molar-refractivity contribution in [2.75, 3.05) is 13.5 Å². The SMILES string of the molecule is CCOC(=O)C(C)(C)c1ccc2[nH]c(-c3ccc(OCF)cc3)cc2c1. The van der Waals surface area contributed by atoms with E-state index in [2.05, 4.69) is 4.98 Å². The monoisotopic (exact) mass is 355 g/mol. The lowest BCUT2D eigenvalue weighted by molar-refractivity contribution is -0.148. The number of benzene rings is 2. The molecule has 0 aliphatic rings. The number of rotatable bonds is 6. The molecule has 0 saturated carbocycles. The summed E-state index contributed by atoms with van der Waals surface area (Å²) in [5.41, 5.74) is 3.08. The summed E-state index contributed by atoms with van der Waals surface area (Å²) in [6.07, 6.45) is 0. The first-order valence-corrected chi connectivity index (χ1v) is 8.55. The Morgan fingerprint density at radius 3 is 2.50 bits per heavy atom. The van der Waals surface area contributed by atoms with Crippen molar-refractivity contribution in [3.8, 4) is 17.0 Å². The fourth-order valence-electron chi connectivity index (χ4n) is 2.90. The van der Waals surface area contributed by atoms with Gasteiger partial charge in [0.25, 0.3) is 0 Å². The number of halogens is 1. The molecule has 1 aromatic heterocycles. The predicted molar refractivity (Wildman–Crippen MR) is 100.0 cm³/mol. The van der Waals surface area contributed by atoms with Gasteiger partial charge in [0.15, 0.2) is 0 Å². The maximum Gasteiger partial charge on any atom is 0.315 e. The van der Waals surface area contributed by atoms with Crippen molar-refractivity contribution in [3.05, 3.63) is 54.1 Å². The van der Waals surface area contributed by atoms with Crippen LogP contribution in [0.25, 0.3) is 22.2 Å². The molecule has 0 atom stereocenters. The predicted octanol–water partition coefficient (Wildman–Crippen LogP) is 4.98. The van der Waals surface area contributed by atoms with Crippen LogP contribution in [0.1, 0.15) is 26.3 Å². The van der Waals surface area contributed by atoms with E-state index in [4.69, 9.17) is 9.47 Å². The molecular weight excluding hydrogens is 333 g/mol. The quantitative estimate of drug-likeness (QED) is 0.634. The van der Waals surface area contributed by atoms with Gasteiger partial charge >= 0.3 is 5.97 Å². The lowest BCUT2D eigenvalue weighted by Crippen LogP contribution is -2.31. The molecule has 0 aliphatic heterocycles. The number of hydrogen-bond acceptors (Lipinski definition) is 3. The number of esters is 1. The number of aromatic amines is 1. The fraction of sp³-hybridized carbons (Fsp3) is 0.286. The summed E-state index contributed by atoms with van der Waals surface area (Å²) < 4.78 is 22.2. The highest BCUT2D eigenvalue weighted by Crippen LogP contribution is 2.31. The van der Waals surface area contributed by atoms with Crippen molar-refractivity contribution in [2.24, 2.45) is 0 Å². The Bertz CT molecular complexity index is 913. The van der Waals surface area contributed by atoms with Gasteiger partial charge in [0.2, 0.25) is 6.86 Å². The van der Waals surface area contributed by atoms with Crippen molar-refractivity contribution in [1.82, 2.24) is 4.98 Å². The number of alkyl halides is 1. The molecular formula is C21H22FNO3. The maximum atomic E-state index is 12.2. The van der Waals surface area contributed by atoms with Gasteiger partial charge in [-0.1, -0.05) is 6.07 Å². The van der Waals surface area contributed by atoms with E-state index in [1.54, 1.807) is 19.1 Å². The van der Waals surface area contributed by atoms with Crippen molar-refractivity contribution >= 4 is 16.9 Å². The van der Waals surface area contributed by atoms with E-state index >= 15 is 0 Å². The molecule has 1 heterocycles. The molecule has 0 radical (unpaired) electrons. The number of ether oxygens (including phenoxy) is 2. The summed E-state index contributed by atoms with van der Waals surface area (Å²) in [5.74, 6) is 0.254. The molecule has 1 N–H and O–H groups in total. The Morgan fingerprint density at radius 2 is 1.85 bits per heavy atom. The molecule has 0 aliphatic carbocycles. The average molecular weight is 355 g/mol. The summed E-state index contributed by atoms with van der Waals surface area (Å²) in [6, 6.07) is 15.2. The van der Waals surface area contributed by atoms with Crippen molar-refractivity contribution in [2.45, 2.75) is 26.2 Å². The topological polar surface area (TPSA) is 51.3 Å². The smallest absolute Gasteiger partial charge is 0.315 e. The molecule has 5 heteroatoms. The zero-order valence-corrected chi connectivity index (χ0v) is 15.1. The first kappa shape index (κ1) is 18.0. The summed E-state index contributed by atoms with van der Waals surface area (Å²) >= 11 is 0. The number of H-pyrrole nitrogens is 1. The van der Waals surface area contributed by atoms with Crippen LogP contribution in [0.2, 0.25) is 0 Å². The number of fused-ring (bicyclic) bond motifs is 1. The first-order chi connectivity index (χ1) is 12.5. The third-order valence-electron chi connectivity index (χ3n) is 4.51. The standard InChI is InChI=1S/C21H22FNO3/c1-4-25-20(24)21(2,3)16-7-10-18-15(11-16)12-19(23-18)14-5-8-17(9-6-14)26-13-22/h5-12,23H,4,13H2,1-3H3. The minimum absolute atomic E-state index is 0.237. The molecule has 0 amide bonds. The Labute approximate surface area is 151 Å². The van der Waals surface area contributed by atoms with Gasteiger partial charge < -0.3 is 14.5 Å². The van der Waals surface area contributed by atoms with E-state index in [1.807, 2.05) is 50.2 Å². The zero-order valence-electron chi connectivity index (χ0n) is 15.1. The van der Waals surface area contributed by atoms with Gasteiger partial charge in [0.1, 0.15) is 5.75 Å². The molecule has 3 aromatic rings. The molecule has 3 rings (SSSR count). The molecule has 2 aromatic carbocycles. The highest BCUT2D eigenvalue weighted by atomic mass is 19.1. The van der Waals surface area contributed by atoms with E-state index in [1.165, 1.54) is 0 Å². The van der Waals surface area contributed by atoms with Gasteiger partial charge in [-0.05, 0) is 74.4 Å². The fourth-order valence-corrected chi connectivity index (χ4v) is 2.90.